The first-order chi connectivity index (χ1) is 6.63. The smallest absolute Gasteiger partial charge is 0.242 e. The highest BCUT2D eigenvalue weighted by Crippen LogP contribution is 2.26. The van der Waals surface area contributed by atoms with Gasteiger partial charge in [0.05, 0.1) is 5.54 Å². The Hall–Kier alpha value is -0.570. The first kappa shape index (κ1) is 9.97. The van der Waals surface area contributed by atoms with Crippen LogP contribution in [0, 0.1) is 0 Å². The van der Waals surface area contributed by atoms with Crippen molar-refractivity contribution in [2.24, 2.45) is 0 Å². The largest absolute Gasteiger partial charge is 0.338 e. The maximum atomic E-state index is 12.2. The number of carbonyl (C=O) groups excluding carboxylic acids is 1. The van der Waals surface area contributed by atoms with E-state index in [1.54, 1.807) is 0 Å². The Bertz CT molecular complexity index is 233. The number of carbonyl (C=O) groups is 1. The van der Waals surface area contributed by atoms with Crippen molar-refractivity contribution in [3.63, 3.8) is 0 Å². The SMILES string of the molecule is CC1CCCN1C(=O)C1(C)CCCN1. The number of rotatable bonds is 1. The lowest BCUT2D eigenvalue weighted by molar-refractivity contribution is -0.137. The summed E-state index contributed by atoms with van der Waals surface area (Å²) < 4.78 is 0. The van der Waals surface area contributed by atoms with Gasteiger partial charge < -0.3 is 10.2 Å². The monoisotopic (exact) mass is 196 g/mol. The van der Waals surface area contributed by atoms with Crippen LogP contribution in [0.25, 0.3) is 0 Å². The van der Waals surface area contributed by atoms with E-state index in [9.17, 15) is 4.79 Å². The summed E-state index contributed by atoms with van der Waals surface area (Å²) in [6.45, 7) is 6.15. The molecule has 2 saturated heterocycles. The molecule has 2 fully saturated rings. The summed E-state index contributed by atoms with van der Waals surface area (Å²) in [5, 5.41) is 3.34. The molecule has 2 rings (SSSR count). The average molecular weight is 196 g/mol. The van der Waals surface area contributed by atoms with Crippen LogP contribution in [0.3, 0.4) is 0 Å². The molecule has 2 heterocycles. The van der Waals surface area contributed by atoms with Gasteiger partial charge in [0.1, 0.15) is 0 Å². The van der Waals surface area contributed by atoms with Crippen LogP contribution in [-0.4, -0.2) is 35.5 Å². The molecule has 1 N–H and O–H groups in total. The van der Waals surface area contributed by atoms with E-state index < -0.39 is 0 Å². The molecule has 0 aromatic rings. The third kappa shape index (κ3) is 1.54. The highest BCUT2D eigenvalue weighted by Gasteiger charge is 2.41. The Morgan fingerprint density at radius 1 is 1.50 bits per heavy atom. The molecule has 0 bridgehead atoms. The Kier molecular flexibility index (Phi) is 2.52. The van der Waals surface area contributed by atoms with E-state index >= 15 is 0 Å². The van der Waals surface area contributed by atoms with Gasteiger partial charge in [-0.2, -0.15) is 0 Å². The second-order valence-electron chi connectivity index (χ2n) is 4.85. The number of nitrogens with zero attached hydrogens (tertiary/aromatic N) is 1. The lowest BCUT2D eigenvalue weighted by atomic mass is 9.98. The fourth-order valence-corrected chi connectivity index (χ4v) is 2.63. The van der Waals surface area contributed by atoms with E-state index in [4.69, 9.17) is 0 Å². The Labute approximate surface area is 85.8 Å². The summed E-state index contributed by atoms with van der Waals surface area (Å²) in [4.78, 5) is 14.3. The fraction of sp³-hybridized carbons (Fsp3) is 0.909. The molecule has 1 amide bonds. The summed E-state index contributed by atoms with van der Waals surface area (Å²) in [6.07, 6.45) is 4.46. The molecule has 14 heavy (non-hydrogen) atoms. The van der Waals surface area contributed by atoms with Gasteiger partial charge in [0.2, 0.25) is 5.91 Å². The first-order valence-electron chi connectivity index (χ1n) is 5.69. The van der Waals surface area contributed by atoms with Crippen molar-refractivity contribution < 1.29 is 4.79 Å². The predicted molar refractivity (Wildman–Crippen MR) is 56.1 cm³/mol. The summed E-state index contributed by atoms with van der Waals surface area (Å²) in [5.41, 5.74) is -0.265. The van der Waals surface area contributed by atoms with Crippen LogP contribution in [0.15, 0.2) is 0 Å². The zero-order valence-corrected chi connectivity index (χ0v) is 9.18. The van der Waals surface area contributed by atoms with Crippen LogP contribution in [0.4, 0.5) is 0 Å². The molecular formula is C11H20N2O. The molecule has 0 saturated carbocycles. The minimum absolute atomic E-state index is 0.265. The van der Waals surface area contributed by atoms with E-state index in [2.05, 4.69) is 17.1 Å². The van der Waals surface area contributed by atoms with Crippen LogP contribution in [0.5, 0.6) is 0 Å². The number of nitrogens with one attached hydrogen (secondary N) is 1. The van der Waals surface area contributed by atoms with Gasteiger partial charge in [-0.25, -0.2) is 0 Å². The van der Waals surface area contributed by atoms with Crippen molar-refractivity contribution in [1.29, 1.82) is 0 Å². The molecule has 0 aliphatic carbocycles. The third-order valence-electron chi connectivity index (χ3n) is 3.65. The van der Waals surface area contributed by atoms with Gasteiger partial charge in [-0.15, -0.1) is 0 Å². The number of hydrogen-bond donors (Lipinski definition) is 1. The molecule has 2 unspecified atom stereocenters. The van der Waals surface area contributed by atoms with Crippen LogP contribution < -0.4 is 5.32 Å². The standard InChI is InChI=1S/C11H20N2O/c1-9-5-3-8-13(9)10(14)11(2)6-4-7-12-11/h9,12H,3-8H2,1-2H3. The second kappa shape index (κ2) is 3.54. The van der Waals surface area contributed by atoms with Crippen molar-refractivity contribution in [3.05, 3.63) is 0 Å². The lowest BCUT2D eigenvalue weighted by Crippen LogP contribution is -2.53. The van der Waals surface area contributed by atoms with Crippen molar-refractivity contribution in [2.45, 2.75) is 51.1 Å². The maximum absolute atomic E-state index is 12.2. The van der Waals surface area contributed by atoms with Crippen LogP contribution >= 0.6 is 0 Å². The molecule has 0 aromatic heterocycles. The summed E-state index contributed by atoms with van der Waals surface area (Å²) in [5.74, 6) is 0.319. The maximum Gasteiger partial charge on any atom is 0.242 e. The van der Waals surface area contributed by atoms with Gasteiger partial charge in [-0.3, -0.25) is 4.79 Å². The van der Waals surface area contributed by atoms with Crippen LogP contribution in [0.2, 0.25) is 0 Å². The van der Waals surface area contributed by atoms with Crippen LogP contribution in [-0.2, 0) is 4.79 Å². The average Bonchev–Trinajstić information content (AvgIpc) is 2.74. The highest BCUT2D eigenvalue weighted by molar-refractivity contribution is 5.86. The van der Waals surface area contributed by atoms with Gasteiger partial charge in [-0.05, 0) is 46.1 Å². The first-order valence-corrected chi connectivity index (χ1v) is 5.69. The van der Waals surface area contributed by atoms with Crippen molar-refractivity contribution in [1.82, 2.24) is 10.2 Å². The normalized spacial score (nSPS) is 37.9. The predicted octanol–water partition coefficient (Wildman–Crippen LogP) is 1.14. The summed E-state index contributed by atoms with van der Waals surface area (Å²) in [7, 11) is 0. The Balaban J connectivity index is 2.06. The molecule has 0 spiro atoms. The van der Waals surface area contributed by atoms with Gasteiger partial charge in [-0.1, -0.05) is 0 Å². The minimum atomic E-state index is -0.265. The van der Waals surface area contributed by atoms with Gasteiger partial charge in [0, 0.05) is 12.6 Å². The summed E-state index contributed by atoms with van der Waals surface area (Å²) >= 11 is 0. The van der Waals surface area contributed by atoms with Crippen LogP contribution in [0.1, 0.15) is 39.5 Å². The summed E-state index contributed by atoms with van der Waals surface area (Å²) in [6, 6.07) is 0.446. The molecule has 3 heteroatoms. The quantitative estimate of drug-likeness (QED) is 0.682. The fourth-order valence-electron chi connectivity index (χ4n) is 2.63. The lowest BCUT2D eigenvalue weighted by Gasteiger charge is -2.31. The molecule has 0 radical (unpaired) electrons. The van der Waals surface area contributed by atoms with Gasteiger partial charge in [0.25, 0.3) is 0 Å². The van der Waals surface area contributed by atoms with E-state index in [1.165, 1.54) is 12.8 Å². The molecule has 80 valence electrons. The topological polar surface area (TPSA) is 32.3 Å². The Morgan fingerprint density at radius 3 is 2.79 bits per heavy atom. The van der Waals surface area contributed by atoms with Crippen molar-refractivity contribution in [2.75, 3.05) is 13.1 Å². The number of amides is 1. The second-order valence-corrected chi connectivity index (χ2v) is 4.85. The van der Waals surface area contributed by atoms with E-state index in [-0.39, 0.29) is 5.54 Å². The van der Waals surface area contributed by atoms with E-state index in [0.29, 0.717) is 11.9 Å². The van der Waals surface area contributed by atoms with E-state index in [1.807, 2.05) is 6.92 Å². The van der Waals surface area contributed by atoms with Gasteiger partial charge >= 0.3 is 0 Å². The molecule has 3 nitrogen and oxygen atoms in total. The van der Waals surface area contributed by atoms with Crippen molar-refractivity contribution in [3.8, 4) is 0 Å². The molecule has 2 aliphatic heterocycles. The molecule has 2 atom stereocenters. The minimum Gasteiger partial charge on any atom is -0.338 e. The van der Waals surface area contributed by atoms with Gasteiger partial charge in [0.15, 0.2) is 0 Å². The number of likely N-dealkylation sites (tertiary alicyclic amines) is 1. The van der Waals surface area contributed by atoms with E-state index in [0.717, 1.165) is 25.9 Å². The zero-order chi connectivity index (χ0) is 10.2. The highest BCUT2D eigenvalue weighted by atomic mass is 16.2. The Morgan fingerprint density at radius 2 is 2.29 bits per heavy atom. The van der Waals surface area contributed by atoms with Crippen molar-refractivity contribution >= 4 is 5.91 Å². The molecule has 0 aromatic carbocycles. The number of hydrogen-bond acceptors (Lipinski definition) is 2. The zero-order valence-electron chi connectivity index (χ0n) is 9.18. The third-order valence-corrected chi connectivity index (χ3v) is 3.65. The molecular weight excluding hydrogens is 176 g/mol. The molecule has 2 aliphatic rings.